The van der Waals surface area contributed by atoms with E-state index in [4.69, 9.17) is 9.05 Å². The number of amides is 1. The molecule has 9 heteroatoms. The summed E-state index contributed by atoms with van der Waals surface area (Å²) in [5, 5.41) is 14.0. The Labute approximate surface area is 487 Å². The van der Waals surface area contributed by atoms with Gasteiger partial charge in [0, 0.05) is 6.42 Å². The van der Waals surface area contributed by atoms with Gasteiger partial charge in [0.25, 0.3) is 0 Å². The molecule has 78 heavy (non-hydrogen) atoms. The average Bonchev–Trinajstić information content (AvgIpc) is 3.41. The Morgan fingerprint density at radius 3 is 1.05 bits per heavy atom. The molecule has 0 aliphatic rings. The molecule has 0 fully saturated rings. The summed E-state index contributed by atoms with van der Waals surface area (Å²) in [5.74, 6) is -0.171. The van der Waals surface area contributed by atoms with Crippen molar-refractivity contribution in [1.29, 1.82) is 0 Å². The van der Waals surface area contributed by atoms with Gasteiger partial charge in [0.15, 0.2) is 0 Å². The second kappa shape index (κ2) is 60.3. The number of hydrogen-bond donors (Lipinski definition) is 3. The van der Waals surface area contributed by atoms with Crippen molar-refractivity contribution in [3.8, 4) is 0 Å². The van der Waals surface area contributed by atoms with Crippen molar-refractivity contribution in [3.63, 3.8) is 0 Å². The number of aliphatic hydroxyl groups is 1. The summed E-state index contributed by atoms with van der Waals surface area (Å²) < 4.78 is 23.8. The van der Waals surface area contributed by atoms with Gasteiger partial charge in [-0.3, -0.25) is 13.8 Å². The molecular weight excluding hydrogens is 984 g/mol. The summed E-state index contributed by atoms with van der Waals surface area (Å²) in [6.07, 6.45) is 80.0. The van der Waals surface area contributed by atoms with Gasteiger partial charge >= 0.3 is 7.82 Å². The number of unbranched alkanes of at least 4 members (excludes halogenated alkanes) is 47. The molecule has 0 aliphatic carbocycles. The number of hydrogen-bond acceptors (Lipinski definition) is 5. The SMILES string of the molecule is CCCCCCCCCCCCC/C=C\C/C=C\CCCCCCCCCCCCCCCCCCCC(=O)NC(COP(=O)(O)OCC[N+](C)(C)C)C(O)/C=C/CCCCCCCCCCCCCCCCCCCCC. The predicted octanol–water partition coefficient (Wildman–Crippen LogP) is 21.7. The van der Waals surface area contributed by atoms with Crippen LogP contribution in [0.2, 0.25) is 0 Å². The van der Waals surface area contributed by atoms with Gasteiger partial charge < -0.3 is 19.8 Å². The summed E-state index contributed by atoms with van der Waals surface area (Å²) in [4.78, 5) is 23.4. The molecule has 0 aromatic carbocycles. The number of nitrogens with one attached hydrogen (secondary N) is 1. The van der Waals surface area contributed by atoms with Crippen LogP contribution in [0, 0.1) is 0 Å². The molecule has 0 saturated heterocycles. The highest BCUT2D eigenvalue weighted by Crippen LogP contribution is 2.43. The van der Waals surface area contributed by atoms with Gasteiger partial charge in [0.05, 0.1) is 39.9 Å². The number of nitrogens with zero attached hydrogens (tertiary/aromatic N) is 1. The minimum atomic E-state index is -4.35. The van der Waals surface area contributed by atoms with Gasteiger partial charge in [-0.25, -0.2) is 4.57 Å². The number of phosphoric acid groups is 1. The lowest BCUT2D eigenvalue weighted by Gasteiger charge is -2.25. The van der Waals surface area contributed by atoms with Crippen LogP contribution < -0.4 is 5.32 Å². The topological polar surface area (TPSA) is 105 Å². The molecule has 0 saturated carbocycles. The van der Waals surface area contributed by atoms with E-state index in [1.165, 1.54) is 283 Å². The second-order valence-electron chi connectivity index (χ2n) is 24.9. The molecule has 3 N–H and O–H groups in total. The molecule has 0 bridgehead atoms. The van der Waals surface area contributed by atoms with Gasteiger partial charge in [0.2, 0.25) is 5.91 Å². The lowest BCUT2D eigenvalue weighted by molar-refractivity contribution is -0.870. The quantitative estimate of drug-likeness (QED) is 0.0243. The zero-order valence-corrected chi connectivity index (χ0v) is 53.8. The lowest BCUT2D eigenvalue weighted by atomic mass is 10.0. The Morgan fingerprint density at radius 2 is 0.731 bits per heavy atom. The largest absolute Gasteiger partial charge is 0.472 e. The van der Waals surface area contributed by atoms with E-state index in [1.54, 1.807) is 6.08 Å². The predicted molar refractivity (Wildman–Crippen MR) is 341 cm³/mol. The van der Waals surface area contributed by atoms with E-state index < -0.39 is 20.0 Å². The van der Waals surface area contributed by atoms with E-state index in [2.05, 4.69) is 43.5 Å². The van der Waals surface area contributed by atoms with Crippen molar-refractivity contribution in [2.75, 3.05) is 40.9 Å². The van der Waals surface area contributed by atoms with E-state index in [9.17, 15) is 19.4 Å². The van der Waals surface area contributed by atoms with Gasteiger partial charge in [-0.05, 0) is 51.4 Å². The van der Waals surface area contributed by atoms with Crippen LogP contribution in [-0.2, 0) is 18.4 Å². The van der Waals surface area contributed by atoms with Crippen LogP contribution in [0.4, 0.5) is 0 Å². The molecule has 0 rings (SSSR count). The molecule has 1 amide bonds. The average molecular weight is 1120 g/mol. The molecule has 0 aromatic rings. The standard InChI is InChI=1S/C69H135N2O6P/c1-6-8-10-12-14-16-18-20-22-24-26-28-29-30-31-32-33-34-35-36-37-38-39-40-41-43-45-47-49-51-53-55-57-59-61-63-69(73)70-67(66-77-78(74,75)76-65-64-71(3,4)5)68(72)62-60-58-56-54-52-50-48-46-44-42-27-25-23-21-19-17-15-13-11-9-7-2/h29-30,32-33,60,62,67-68,72H,6-28,31,34-59,61,63-66H2,1-5H3,(H-,70,73,74,75)/p+1/b30-29-,33-32-,62-60+. The fourth-order valence-corrected chi connectivity index (χ4v) is 11.2. The minimum absolute atomic E-state index is 0.0632. The maximum atomic E-state index is 13.0. The lowest BCUT2D eigenvalue weighted by Crippen LogP contribution is -2.45. The summed E-state index contributed by atoms with van der Waals surface area (Å²) >= 11 is 0. The van der Waals surface area contributed by atoms with Crippen LogP contribution in [0.3, 0.4) is 0 Å². The highest BCUT2D eigenvalue weighted by atomic mass is 31.2. The molecule has 3 atom stereocenters. The molecular formula is C69H136N2O6P+. The molecule has 8 nitrogen and oxygen atoms in total. The molecule has 0 spiro atoms. The third kappa shape index (κ3) is 62.3. The van der Waals surface area contributed by atoms with E-state index >= 15 is 0 Å². The summed E-state index contributed by atoms with van der Waals surface area (Å²) in [5.41, 5.74) is 0. The van der Waals surface area contributed by atoms with E-state index in [0.29, 0.717) is 17.4 Å². The maximum Gasteiger partial charge on any atom is 0.472 e. The van der Waals surface area contributed by atoms with Crippen LogP contribution in [0.15, 0.2) is 36.5 Å². The third-order valence-corrected chi connectivity index (χ3v) is 16.8. The fraction of sp³-hybridized carbons (Fsp3) is 0.899. The first kappa shape index (κ1) is 76.7. The number of likely N-dealkylation sites (N-methyl/N-ethyl adjacent to an activating group) is 1. The van der Waals surface area contributed by atoms with Crippen LogP contribution in [-0.4, -0.2) is 73.4 Å². The highest BCUT2D eigenvalue weighted by molar-refractivity contribution is 7.47. The summed E-state index contributed by atoms with van der Waals surface area (Å²) in [7, 11) is 1.59. The Hall–Kier alpha value is -1.28. The smallest absolute Gasteiger partial charge is 0.387 e. The number of phosphoric ester groups is 1. The van der Waals surface area contributed by atoms with Crippen molar-refractivity contribution in [3.05, 3.63) is 36.5 Å². The monoisotopic (exact) mass is 1120 g/mol. The number of quaternary nitrogens is 1. The normalized spacial score (nSPS) is 13.9. The Morgan fingerprint density at radius 1 is 0.436 bits per heavy atom. The second-order valence-corrected chi connectivity index (χ2v) is 26.4. The number of carbonyl (C=O) groups is 1. The fourth-order valence-electron chi connectivity index (χ4n) is 10.5. The van der Waals surface area contributed by atoms with Crippen molar-refractivity contribution in [2.45, 2.75) is 360 Å². The maximum absolute atomic E-state index is 13.0. The van der Waals surface area contributed by atoms with Gasteiger partial charge in [-0.15, -0.1) is 0 Å². The molecule has 0 aliphatic heterocycles. The zero-order chi connectivity index (χ0) is 57.0. The first-order valence-corrected chi connectivity index (χ1v) is 35.9. The van der Waals surface area contributed by atoms with Crippen LogP contribution >= 0.6 is 7.82 Å². The molecule has 0 radical (unpaired) electrons. The van der Waals surface area contributed by atoms with Gasteiger partial charge in [0.1, 0.15) is 13.2 Å². The Balaban J connectivity index is 4.01. The molecule has 0 heterocycles. The molecule has 0 aromatic heterocycles. The Kier molecular flexibility index (Phi) is 59.3. The summed E-state index contributed by atoms with van der Waals surface area (Å²) in [6, 6.07) is -0.846. The van der Waals surface area contributed by atoms with Gasteiger partial charge in [-0.2, -0.15) is 0 Å². The number of allylic oxidation sites excluding steroid dienone is 5. The first-order chi connectivity index (χ1) is 38.0. The summed E-state index contributed by atoms with van der Waals surface area (Å²) in [6.45, 7) is 4.87. The van der Waals surface area contributed by atoms with Crippen molar-refractivity contribution in [2.24, 2.45) is 0 Å². The molecule has 3 unspecified atom stereocenters. The van der Waals surface area contributed by atoms with Crippen molar-refractivity contribution in [1.82, 2.24) is 5.32 Å². The van der Waals surface area contributed by atoms with Crippen molar-refractivity contribution < 1.29 is 32.9 Å². The first-order valence-electron chi connectivity index (χ1n) is 34.4. The van der Waals surface area contributed by atoms with E-state index in [0.717, 1.165) is 44.9 Å². The van der Waals surface area contributed by atoms with Crippen LogP contribution in [0.5, 0.6) is 0 Å². The van der Waals surface area contributed by atoms with E-state index in [1.807, 2.05) is 27.2 Å². The van der Waals surface area contributed by atoms with Crippen LogP contribution in [0.1, 0.15) is 348 Å². The molecule has 462 valence electrons. The van der Waals surface area contributed by atoms with Crippen molar-refractivity contribution >= 4 is 13.7 Å². The zero-order valence-electron chi connectivity index (χ0n) is 52.9. The van der Waals surface area contributed by atoms with E-state index in [-0.39, 0.29) is 19.1 Å². The Bertz CT molecular complexity index is 1360. The number of carbonyl (C=O) groups excluding carboxylic acids is 1. The van der Waals surface area contributed by atoms with Crippen LogP contribution in [0.25, 0.3) is 0 Å². The number of rotatable bonds is 64. The van der Waals surface area contributed by atoms with Gasteiger partial charge in [-0.1, -0.05) is 326 Å². The highest BCUT2D eigenvalue weighted by Gasteiger charge is 2.28. The number of aliphatic hydroxyl groups excluding tert-OH is 1. The minimum Gasteiger partial charge on any atom is -0.387 e. The third-order valence-electron chi connectivity index (χ3n) is 15.9.